The summed E-state index contributed by atoms with van der Waals surface area (Å²) in [4.78, 5) is 8.76. The average molecular weight is 305 g/mol. The van der Waals surface area contributed by atoms with E-state index in [9.17, 15) is 4.39 Å². The molecule has 0 aliphatic rings. The number of aromatic nitrogens is 2. The lowest BCUT2D eigenvalue weighted by Crippen LogP contribution is -2.16. The van der Waals surface area contributed by atoms with E-state index in [1.54, 1.807) is 18.2 Å². The molecule has 0 fully saturated rings. The molecule has 0 amide bonds. The zero-order valence-electron chi connectivity index (χ0n) is 11.9. The second-order valence-electron chi connectivity index (χ2n) is 5.94. The van der Waals surface area contributed by atoms with Crippen LogP contribution in [-0.4, -0.2) is 9.97 Å². The van der Waals surface area contributed by atoms with E-state index in [-0.39, 0.29) is 11.2 Å². The van der Waals surface area contributed by atoms with Crippen molar-refractivity contribution in [1.29, 1.82) is 0 Å². The summed E-state index contributed by atoms with van der Waals surface area (Å²) < 4.78 is 19.0. The van der Waals surface area contributed by atoms with Gasteiger partial charge in [-0.25, -0.2) is 14.4 Å². The third-order valence-corrected chi connectivity index (χ3v) is 3.29. The third-order valence-electron chi connectivity index (χ3n) is 3.10. The van der Waals surface area contributed by atoms with Gasteiger partial charge in [-0.15, -0.1) is 0 Å². The molecule has 3 aromatic rings. The van der Waals surface area contributed by atoms with Crippen LogP contribution in [0.4, 0.5) is 4.39 Å². The van der Waals surface area contributed by atoms with E-state index >= 15 is 0 Å². The van der Waals surface area contributed by atoms with Crippen molar-refractivity contribution in [2.24, 2.45) is 0 Å². The summed E-state index contributed by atoms with van der Waals surface area (Å²) in [7, 11) is 0. The van der Waals surface area contributed by atoms with Gasteiger partial charge in [-0.1, -0.05) is 32.4 Å². The maximum absolute atomic E-state index is 13.2. The van der Waals surface area contributed by atoms with Gasteiger partial charge in [0.1, 0.15) is 28.1 Å². The monoisotopic (exact) mass is 304 g/mol. The molecule has 1 aromatic carbocycles. The first-order valence-corrected chi connectivity index (χ1v) is 6.95. The second-order valence-corrected chi connectivity index (χ2v) is 6.33. The molecule has 0 unspecified atom stereocenters. The first-order chi connectivity index (χ1) is 9.83. The summed E-state index contributed by atoms with van der Waals surface area (Å²) in [6.07, 6.45) is 0. The van der Waals surface area contributed by atoms with Crippen molar-refractivity contribution < 1.29 is 8.81 Å². The van der Waals surface area contributed by atoms with Crippen LogP contribution in [0, 0.1) is 5.82 Å². The number of furan rings is 1. The van der Waals surface area contributed by atoms with Crippen molar-refractivity contribution in [2.75, 3.05) is 0 Å². The van der Waals surface area contributed by atoms with E-state index in [0.29, 0.717) is 33.4 Å². The summed E-state index contributed by atoms with van der Waals surface area (Å²) in [6, 6.07) is 7.79. The van der Waals surface area contributed by atoms with E-state index in [1.165, 1.54) is 12.1 Å². The summed E-state index contributed by atoms with van der Waals surface area (Å²) in [5, 5.41) is 1.05. The fourth-order valence-electron chi connectivity index (χ4n) is 2.02. The van der Waals surface area contributed by atoms with Crippen molar-refractivity contribution in [3.8, 4) is 11.5 Å². The number of hydrogen-bond acceptors (Lipinski definition) is 3. The largest absolute Gasteiger partial charge is 0.454 e. The van der Waals surface area contributed by atoms with Crippen molar-refractivity contribution >= 4 is 22.6 Å². The summed E-state index contributed by atoms with van der Waals surface area (Å²) >= 11 is 6.08. The number of halogens is 2. The van der Waals surface area contributed by atoms with E-state index < -0.39 is 0 Å². The van der Waals surface area contributed by atoms with E-state index in [0.717, 1.165) is 0 Å². The minimum Gasteiger partial charge on any atom is -0.454 e. The van der Waals surface area contributed by atoms with Crippen LogP contribution in [0.2, 0.25) is 5.15 Å². The van der Waals surface area contributed by atoms with Gasteiger partial charge in [0.25, 0.3) is 0 Å². The fraction of sp³-hybridized carbons (Fsp3) is 0.250. The van der Waals surface area contributed by atoms with Gasteiger partial charge >= 0.3 is 0 Å². The zero-order valence-corrected chi connectivity index (χ0v) is 12.7. The molecule has 0 bridgehead atoms. The molecule has 2 heterocycles. The van der Waals surface area contributed by atoms with Crippen molar-refractivity contribution in [1.82, 2.24) is 9.97 Å². The summed E-state index contributed by atoms with van der Waals surface area (Å²) in [6.45, 7) is 6.03. The molecule has 0 aliphatic heterocycles. The average Bonchev–Trinajstić information content (AvgIpc) is 2.80. The molecule has 108 valence electrons. The van der Waals surface area contributed by atoms with E-state index in [4.69, 9.17) is 16.0 Å². The number of hydrogen-bond donors (Lipinski definition) is 0. The standard InChI is InChI=1S/C16H14ClFN2O/c1-16(2,3)15-19-11(8-14(17)20-15)13-7-9-6-10(18)4-5-12(9)21-13/h4-8H,1-3H3. The Labute approximate surface area is 126 Å². The van der Waals surface area contributed by atoms with Crippen molar-refractivity contribution in [3.63, 3.8) is 0 Å². The van der Waals surface area contributed by atoms with Gasteiger partial charge < -0.3 is 4.42 Å². The molecule has 0 atom stereocenters. The Bertz CT molecular complexity index is 821. The maximum Gasteiger partial charge on any atom is 0.153 e. The molecule has 2 aromatic heterocycles. The van der Waals surface area contributed by atoms with Crippen LogP contribution in [-0.2, 0) is 5.41 Å². The van der Waals surface area contributed by atoms with Crippen LogP contribution < -0.4 is 0 Å². The molecule has 0 N–H and O–H groups in total. The lowest BCUT2D eigenvalue weighted by Gasteiger charge is -2.16. The van der Waals surface area contributed by atoms with Crippen molar-refractivity contribution in [3.05, 3.63) is 47.1 Å². The molecule has 21 heavy (non-hydrogen) atoms. The fourth-order valence-corrected chi connectivity index (χ4v) is 2.20. The lowest BCUT2D eigenvalue weighted by molar-refractivity contribution is 0.543. The van der Waals surface area contributed by atoms with Crippen LogP contribution in [0.3, 0.4) is 0 Å². The highest BCUT2D eigenvalue weighted by Gasteiger charge is 2.20. The van der Waals surface area contributed by atoms with Gasteiger partial charge in [-0.3, -0.25) is 0 Å². The molecular formula is C16H14ClFN2O. The highest BCUT2D eigenvalue weighted by atomic mass is 35.5. The van der Waals surface area contributed by atoms with Crippen LogP contribution in [0.1, 0.15) is 26.6 Å². The summed E-state index contributed by atoms with van der Waals surface area (Å²) in [5.74, 6) is 0.882. The SMILES string of the molecule is CC(C)(C)c1nc(Cl)cc(-c2cc3cc(F)ccc3o2)n1. The van der Waals surface area contributed by atoms with E-state index in [1.807, 2.05) is 20.8 Å². The van der Waals surface area contributed by atoms with Crippen LogP contribution in [0.25, 0.3) is 22.4 Å². The Morgan fingerprint density at radius 3 is 2.57 bits per heavy atom. The highest BCUT2D eigenvalue weighted by molar-refractivity contribution is 6.29. The molecule has 0 saturated carbocycles. The van der Waals surface area contributed by atoms with Gasteiger partial charge in [-0.05, 0) is 24.3 Å². The molecule has 0 radical (unpaired) electrons. The third kappa shape index (κ3) is 2.76. The number of benzene rings is 1. The Balaban J connectivity index is 2.16. The molecule has 3 nitrogen and oxygen atoms in total. The second kappa shape index (κ2) is 4.81. The predicted octanol–water partition coefficient (Wildman–Crippen LogP) is 4.98. The van der Waals surface area contributed by atoms with Gasteiger partial charge in [-0.2, -0.15) is 0 Å². The molecule has 0 aliphatic carbocycles. The smallest absolute Gasteiger partial charge is 0.153 e. The molecule has 5 heteroatoms. The normalized spacial score (nSPS) is 12.0. The van der Waals surface area contributed by atoms with Crippen molar-refractivity contribution in [2.45, 2.75) is 26.2 Å². The minimum absolute atomic E-state index is 0.224. The molecular weight excluding hydrogens is 291 g/mol. The minimum atomic E-state index is -0.300. The molecule has 0 spiro atoms. The summed E-state index contributed by atoms with van der Waals surface area (Å²) in [5.41, 5.74) is 0.979. The van der Waals surface area contributed by atoms with Crippen LogP contribution in [0.15, 0.2) is 34.7 Å². The molecule has 3 rings (SSSR count). The number of rotatable bonds is 1. The number of nitrogens with zero attached hydrogens (tertiary/aromatic N) is 2. The Hall–Kier alpha value is -1.94. The zero-order chi connectivity index (χ0) is 15.2. The Morgan fingerprint density at radius 1 is 1.10 bits per heavy atom. The Kier molecular flexibility index (Phi) is 3.21. The highest BCUT2D eigenvalue weighted by Crippen LogP contribution is 2.30. The van der Waals surface area contributed by atoms with Crippen LogP contribution >= 0.6 is 11.6 Å². The van der Waals surface area contributed by atoms with Gasteiger partial charge in [0.15, 0.2) is 5.76 Å². The topological polar surface area (TPSA) is 38.9 Å². The van der Waals surface area contributed by atoms with Gasteiger partial charge in [0, 0.05) is 16.9 Å². The van der Waals surface area contributed by atoms with Crippen LogP contribution in [0.5, 0.6) is 0 Å². The van der Waals surface area contributed by atoms with Gasteiger partial charge in [0.2, 0.25) is 0 Å². The van der Waals surface area contributed by atoms with Gasteiger partial charge in [0.05, 0.1) is 0 Å². The molecule has 0 saturated heterocycles. The number of fused-ring (bicyclic) bond motifs is 1. The first-order valence-electron chi connectivity index (χ1n) is 6.57. The predicted molar refractivity (Wildman–Crippen MR) is 80.9 cm³/mol. The quantitative estimate of drug-likeness (QED) is 0.595. The van der Waals surface area contributed by atoms with E-state index in [2.05, 4.69) is 9.97 Å². The first kappa shape index (κ1) is 14.0. The Morgan fingerprint density at radius 2 is 1.86 bits per heavy atom. The lowest BCUT2D eigenvalue weighted by atomic mass is 9.95. The maximum atomic E-state index is 13.2.